The molecular formula is C25H34N2O2. The molecule has 2 aliphatic rings. The first-order valence-electron chi connectivity index (χ1n) is 11.1. The third-order valence-electron chi connectivity index (χ3n) is 6.73. The number of benzene rings is 2. The highest BCUT2D eigenvalue weighted by Gasteiger charge is 2.39. The second kappa shape index (κ2) is 9.29. The molecule has 1 unspecified atom stereocenters. The minimum Gasteiger partial charge on any atom is -0.497 e. The number of methoxy groups -OCH3 is 1. The average molecular weight is 395 g/mol. The van der Waals surface area contributed by atoms with Crippen LogP contribution in [0, 0.1) is 0 Å². The van der Waals surface area contributed by atoms with Gasteiger partial charge in [-0.1, -0.05) is 55.7 Å². The normalized spacial score (nSPS) is 20.9. The molecule has 1 saturated heterocycles. The molecule has 4 nitrogen and oxygen atoms in total. The third-order valence-corrected chi connectivity index (χ3v) is 6.73. The summed E-state index contributed by atoms with van der Waals surface area (Å²) in [6.07, 6.45) is 5.35. The SMILES string of the molecule is COc1cccc(-c2ccc(C(CN3CCNCC3)C3(O)CCCCC3)cc2)c1. The predicted molar refractivity (Wildman–Crippen MR) is 119 cm³/mol. The topological polar surface area (TPSA) is 44.7 Å². The fourth-order valence-electron chi connectivity index (χ4n) is 4.96. The zero-order valence-electron chi connectivity index (χ0n) is 17.6. The summed E-state index contributed by atoms with van der Waals surface area (Å²) >= 11 is 0. The summed E-state index contributed by atoms with van der Waals surface area (Å²) in [4.78, 5) is 2.52. The molecule has 2 fully saturated rings. The zero-order valence-corrected chi connectivity index (χ0v) is 17.6. The molecule has 156 valence electrons. The highest BCUT2D eigenvalue weighted by Crippen LogP contribution is 2.41. The van der Waals surface area contributed by atoms with E-state index in [9.17, 15) is 5.11 Å². The van der Waals surface area contributed by atoms with Gasteiger partial charge in [0.05, 0.1) is 12.7 Å². The Kier molecular flexibility index (Phi) is 6.53. The summed E-state index contributed by atoms with van der Waals surface area (Å²) in [6, 6.07) is 17.0. The molecule has 0 amide bonds. The Labute approximate surface area is 174 Å². The minimum absolute atomic E-state index is 0.167. The van der Waals surface area contributed by atoms with E-state index in [0.29, 0.717) is 0 Å². The van der Waals surface area contributed by atoms with Crippen LogP contribution >= 0.6 is 0 Å². The van der Waals surface area contributed by atoms with Gasteiger partial charge in [-0.3, -0.25) is 0 Å². The van der Waals surface area contributed by atoms with Crippen LogP contribution in [0.2, 0.25) is 0 Å². The van der Waals surface area contributed by atoms with Gasteiger partial charge in [-0.15, -0.1) is 0 Å². The molecule has 1 heterocycles. The van der Waals surface area contributed by atoms with E-state index >= 15 is 0 Å². The van der Waals surface area contributed by atoms with Crippen molar-refractivity contribution in [2.24, 2.45) is 0 Å². The van der Waals surface area contributed by atoms with Gasteiger partial charge in [0.1, 0.15) is 5.75 Å². The summed E-state index contributed by atoms with van der Waals surface area (Å²) in [6.45, 7) is 5.15. The summed E-state index contributed by atoms with van der Waals surface area (Å²) in [5, 5.41) is 15.0. The standard InChI is InChI=1S/C25H34N2O2/c1-29-23-7-5-6-22(18-23)20-8-10-21(11-9-20)24(19-27-16-14-26-15-17-27)25(28)12-3-2-4-13-25/h5-11,18,24,26,28H,2-4,12-17,19H2,1H3. The number of piperazine rings is 1. The van der Waals surface area contributed by atoms with Crippen LogP contribution in [-0.4, -0.2) is 55.4 Å². The Hall–Kier alpha value is -1.88. The van der Waals surface area contributed by atoms with Gasteiger partial charge in [0.2, 0.25) is 0 Å². The van der Waals surface area contributed by atoms with Crippen LogP contribution < -0.4 is 10.1 Å². The van der Waals surface area contributed by atoms with Crippen molar-refractivity contribution in [3.63, 3.8) is 0 Å². The van der Waals surface area contributed by atoms with Gasteiger partial charge >= 0.3 is 0 Å². The van der Waals surface area contributed by atoms with Crippen molar-refractivity contribution >= 4 is 0 Å². The van der Waals surface area contributed by atoms with Crippen molar-refractivity contribution in [3.05, 3.63) is 54.1 Å². The lowest BCUT2D eigenvalue weighted by atomic mass is 9.72. The lowest BCUT2D eigenvalue weighted by Crippen LogP contribution is -2.49. The number of rotatable bonds is 6. The number of hydrogen-bond donors (Lipinski definition) is 2. The first-order valence-corrected chi connectivity index (χ1v) is 11.1. The van der Waals surface area contributed by atoms with Gasteiger partial charge in [0, 0.05) is 38.6 Å². The van der Waals surface area contributed by atoms with Crippen LogP contribution in [-0.2, 0) is 0 Å². The molecule has 0 aromatic heterocycles. The monoisotopic (exact) mass is 394 g/mol. The predicted octanol–water partition coefficient (Wildman–Crippen LogP) is 4.05. The molecule has 2 N–H and O–H groups in total. The number of nitrogens with one attached hydrogen (secondary N) is 1. The molecule has 1 aliphatic heterocycles. The molecular weight excluding hydrogens is 360 g/mol. The van der Waals surface area contributed by atoms with Crippen molar-refractivity contribution in [1.29, 1.82) is 0 Å². The molecule has 4 rings (SSSR count). The number of hydrogen-bond acceptors (Lipinski definition) is 4. The van der Waals surface area contributed by atoms with Crippen molar-refractivity contribution in [1.82, 2.24) is 10.2 Å². The molecule has 1 atom stereocenters. The molecule has 2 aromatic rings. The van der Waals surface area contributed by atoms with E-state index in [1.165, 1.54) is 17.5 Å². The van der Waals surface area contributed by atoms with Gasteiger partial charge in [-0.2, -0.15) is 0 Å². The second-order valence-electron chi connectivity index (χ2n) is 8.62. The zero-order chi connectivity index (χ0) is 20.1. The largest absolute Gasteiger partial charge is 0.497 e. The molecule has 0 bridgehead atoms. The van der Waals surface area contributed by atoms with E-state index in [2.05, 4.69) is 46.6 Å². The maximum Gasteiger partial charge on any atom is 0.119 e. The molecule has 29 heavy (non-hydrogen) atoms. The highest BCUT2D eigenvalue weighted by molar-refractivity contribution is 5.65. The van der Waals surface area contributed by atoms with Gasteiger partial charge in [0.15, 0.2) is 0 Å². The summed E-state index contributed by atoms with van der Waals surface area (Å²) < 4.78 is 5.37. The van der Waals surface area contributed by atoms with Crippen molar-refractivity contribution < 1.29 is 9.84 Å². The van der Waals surface area contributed by atoms with Crippen LogP contribution in [0.4, 0.5) is 0 Å². The fraction of sp³-hybridized carbons (Fsp3) is 0.520. The Morgan fingerprint density at radius 1 is 1.00 bits per heavy atom. The third kappa shape index (κ3) is 4.82. The Morgan fingerprint density at radius 3 is 2.41 bits per heavy atom. The van der Waals surface area contributed by atoms with Crippen LogP contribution in [0.5, 0.6) is 5.75 Å². The van der Waals surface area contributed by atoms with E-state index in [-0.39, 0.29) is 5.92 Å². The Morgan fingerprint density at radius 2 is 1.72 bits per heavy atom. The summed E-state index contributed by atoms with van der Waals surface area (Å²) in [5.41, 5.74) is 3.02. The molecule has 4 heteroatoms. The lowest BCUT2D eigenvalue weighted by molar-refractivity contribution is -0.0316. The maximum atomic E-state index is 11.6. The number of nitrogens with zero attached hydrogens (tertiary/aromatic N) is 1. The van der Waals surface area contributed by atoms with Crippen molar-refractivity contribution in [3.8, 4) is 16.9 Å². The smallest absolute Gasteiger partial charge is 0.119 e. The fourth-order valence-corrected chi connectivity index (χ4v) is 4.96. The summed E-state index contributed by atoms with van der Waals surface area (Å²) in [7, 11) is 1.70. The van der Waals surface area contributed by atoms with E-state index < -0.39 is 5.60 Å². The van der Waals surface area contributed by atoms with Crippen LogP contribution in [0.3, 0.4) is 0 Å². The summed E-state index contributed by atoms with van der Waals surface area (Å²) in [5.74, 6) is 1.04. The van der Waals surface area contributed by atoms with E-state index in [1.54, 1.807) is 7.11 Å². The molecule has 0 radical (unpaired) electrons. The molecule has 2 aromatic carbocycles. The van der Waals surface area contributed by atoms with Gasteiger partial charge in [-0.05, 0) is 41.7 Å². The first kappa shape index (κ1) is 20.4. The van der Waals surface area contributed by atoms with E-state index in [4.69, 9.17) is 4.74 Å². The lowest BCUT2D eigenvalue weighted by Gasteiger charge is -2.42. The van der Waals surface area contributed by atoms with E-state index in [0.717, 1.165) is 69.7 Å². The second-order valence-corrected chi connectivity index (χ2v) is 8.62. The Balaban J connectivity index is 1.59. The van der Waals surface area contributed by atoms with Crippen LogP contribution in [0.1, 0.15) is 43.6 Å². The van der Waals surface area contributed by atoms with Gasteiger partial charge in [-0.25, -0.2) is 0 Å². The minimum atomic E-state index is -0.583. The van der Waals surface area contributed by atoms with E-state index in [1.807, 2.05) is 12.1 Å². The maximum absolute atomic E-state index is 11.6. The van der Waals surface area contributed by atoms with Gasteiger partial charge in [0.25, 0.3) is 0 Å². The highest BCUT2D eigenvalue weighted by atomic mass is 16.5. The number of ether oxygens (including phenoxy) is 1. The first-order chi connectivity index (χ1) is 14.2. The molecule has 1 aliphatic carbocycles. The molecule has 1 saturated carbocycles. The molecule has 0 spiro atoms. The average Bonchev–Trinajstić information content (AvgIpc) is 2.79. The van der Waals surface area contributed by atoms with Gasteiger partial charge < -0.3 is 20.1 Å². The quantitative estimate of drug-likeness (QED) is 0.776. The van der Waals surface area contributed by atoms with Crippen molar-refractivity contribution in [2.75, 3.05) is 39.8 Å². The Bertz CT molecular complexity index is 778. The van der Waals surface area contributed by atoms with Crippen molar-refractivity contribution in [2.45, 2.75) is 43.6 Å². The van der Waals surface area contributed by atoms with Crippen LogP contribution in [0.15, 0.2) is 48.5 Å². The van der Waals surface area contributed by atoms with Crippen LogP contribution in [0.25, 0.3) is 11.1 Å². The number of aliphatic hydroxyl groups is 1.